The maximum atomic E-state index is 12.2. The highest BCUT2D eigenvalue weighted by atomic mass is 79.9. The number of fused-ring (bicyclic) bond motifs is 12. The van der Waals surface area contributed by atoms with Crippen molar-refractivity contribution in [2.24, 2.45) is 0 Å². The molecular formula is C123H147BrN6O5. The average molecular weight is 1870 g/mol. The van der Waals surface area contributed by atoms with Crippen molar-refractivity contribution in [2.75, 3.05) is 41.4 Å². The summed E-state index contributed by atoms with van der Waals surface area (Å²) < 4.78 is 20.9. The Bertz CT molecular complexity index is 6870. The molecule has 17 rings (SSSR count). The summed E-state index contributed by atoms with van der Waals surface area (Å²) in [5.41, 5.74) is 31.1. The van der Waals surface area contributed by atoms with Gasteiger partial charge in [-0.25, -0.2) is 0 Å². The van der Waals surface area contributed by atoms with E-state index >= 15 is 0 Å². The van der Waals surface area contributed by atoms with Crippen LogP contribution in [-0.2, 0) is 56.4 Å². The smallest absolute Gasteiger partial charge is 0.144 e. The van der Waals surface area contributed by atoms with Crippen molar-refractivity contribution in [3.63, 3.8) is 0 Å². The monoisotopic (exact) mass is 1870 g/mol. The van der Waals surface area contributed by atoms with Gasteiger partial charge in [-0.05, 0) is 326 Å². The van der Waals surface area contributed by atoms with E-state index in [-0.39, 0.29) is 43.3 Å². The molecule has 0 amide bonds. The van der Waals surface area contributed by atoms with E-state index in [0.717, 1.165) is 113 Å². The van der Waals surface area contributed by atoms with Gasteiger partial charge in [0.2, 0.25) is 0 Å². The number of halogens is 1. The van der Waals surface area contributed by atoms with E-state index in [1.54, 1.807) is 20.3 Å². The third kappa shape index (κ3) is 20.8. The van der Waals surface area contributed by atoms with E-state index < -0.39 is 0 Å². The molecule has 0 radical (unpaired) electrons. The topological polar surface area (TPSA) is 105 Å². The first-order valence-corrected chi connectivity index (χ1v) is 48.9. The third-order valence-corrected chi connectivity index (χ3v) is 27.7. The lowest BCUT2D eigenvalue weighted by Crippen LogP contribution is -2.30. The molecule has 0 aliphatic rings. The molecular weight excluding hydrogens is 1720 g/mol. The number of likely N-dealkylation sites (N-methyl/N-ethyl adjacent to an activating group) is 2. The first-order valence-electron chi connectivity index (χ1n) is 48.1. The van der Waals surface area contributed by atoms with Gasteiger partial charge < -0.3 is 52.9 Å². The third-order valence-electron chi connectivity index (χ3n) is 27.1. The normalized spacial score (nSPS) is 12.7. The Balaban J connectivity index is 0.000000173. The van der Waals surface area contributed by atoms with Crippen molar-refractivity contribution in [1.29, 1.82) is 0 Å². The standard InChI is InChI=1S/C60H74N4O2.C28H33NO.C27H31NO.C8H9BrO/c1-37-27-39(55(65)53(29-37)63-49-21-17-41(57(3,4)5)31-45(49)46-32-42(58(6,7)8)18-22-50(46)63)35-61(15)25-26-62(16)36-40-28-38(2)30-54(56(40)66)64-51-23-19-43(59(9,10)11)33-47(51)48-34-44(60(12,13)14)20-24-52(48)64;1-18-9-14-26(30-8)25(15-18)29-23-12-10-19(27(2,3)4)16-21(23)22-17-20(28(5,6)7)11-13-24(22)29;1-17-8-13-25(29)24(14-17)28-22-11-9-18(26(2,3)4)15-20(22)21-16-19(27(5,6)7)10-12-23(21)28;1-6-3-4-8(10-2)7(9)5-6/h17-24,27-34,65-66H,25-26,35-36H2,1-16H3;9-17H,1-8H3;8-16,29H,1-7H3;3-5H,1-2H3. The predicted octanol–water partition coefficient (Wildman–Crippen LogP) is 32.5. The number of nitrogens with zero attached hydrogens (tertiary/aromatic N) is 6. The molecule has 4 heterocycles. The van der Waals surface area contributed by atoms with Crippen LogP contribution < -0.4 is 9.47 Å². The summed E-state index contributed by atoms with van der Waals surface area (Å²) in [5.74, 6) is 2.69. The maximum Gasteiger partial charge on any atom is 0.144 e. The van der Waals surface area contributed by atoms with E-state index in [9.17, 15) is 15.3 Å². The highest BCUT2D eigenvalue weighted by Crippen LogP contribution is 2.47. The minimum atomic E-state index is 0.00634. The summed E-state index contributed by atoms with van der Waals surface area (Å²) in [6, 6.07) is 81.3. The predicted molar refractivity (Wildman–Crippen MR) is 581 cm³/mol. The first-order chi connectivity index (χ1) is 62.9. The van der Waals surface area contributed by atoms with Crippen LogP contribution in [0, 0.1) is 34.6 Å². The number of methoxy groups -OCH3 is 2. The number of rotatable bonds is 13. The molecule has 706 valence electrons. The van der Waals surface area contributed by atoms with Gasteiger partial charge in [0.25, 0.3) is 0 Å². The lowest BCUT2D eigenvalue weighted by Gasteiger charge is -2.24. The van der Waals surface area contributed by atoms with Crippen molar-refractivity contribution in [3.8, 4) is 51.5 Å². The Morgan fingerprint density at radius 2 is 0.467 bits per heavy atom. The lowest BCUT2D eigenvalue weighted by atomic mass is 9.85. The van der Waals surface area contributed by atoms with Crippen molar-refractivity contribution in [2.45, 2.75) is 257 Å². The van der Waals surface area contributed by atoms with Gasteiger partial charge in [0.05, 0.1) is 85.6 Å². The van der Waals surface area contributed by atoms with E-state index in [1.807, 2.05) is 31.2 Å². The van der Waals surface area contributed by atoms with Crippen LogP contribution in [0.4, 0.5) is 0 Å². The Morgan fingerprint density at radius 3 is 0.711 bits per heavy atom. The molecule has 135 heavy (non-hydrogen) atoms. The molecule has 0 saturated heterocycles. The van der Waals surface area contributed by atoms with Crippen LogP contribution in [0.15, 0.2) is 229 Å². The van der Waals surface area contributed by atoms with Gasteiger partial charge in [-0.1, -0.05) is 245 Å². The van der Waals surface area contributed by atoms with Crippen molar-refractivity contribution in [1.82, 2.24) is 28.1 Å². The molecule has 0 aliphatic carbocycles. The summed E-state index contributed by atoms with van der Waals surface area (Å²) in [7, 11) is 7.66. The Labute approximate surface area is 812 Å². The number of hydrogen-bond acceptors (Lipinski definition) is 7. The molecule has 12 heteroatoms. The zero-order chi connectivity index (χ0) is 98.5. The average Bonchev–Trinajstić information content (AvgIpc) is 1.59. The number of aromatic hydroxyl groups is 3. The molecule has 0 fully saturated rings. The number of ether oxygens (including phenoxy) is 2. The van der Waals surface area contributed by atoms with Gasteiger partial charge in [0, 0.05) is 80.4 Å². The Kier molecular flexibility index (Phi) is 27.4. The van der Waals surface area contributed by atoms with Gasteiger partial charge in [0.1, 0.15) is 28.7 Å². The van der Waals surface area contributed by atoms with Crippen molar-refractivity contribution >= 4 is 103 Å². The number of aryl methyl sites for hydroxylation is 5. The highest BCUT2D eigenvalue weighted by molar-refractivity contribution is 9.10. The van der Waals surface area contributed by atoms with Gasteiger partial charge in [0.15, 0.2) is 0 Å². The molecule has 17 aromatic rings. The second-order valence-electron chi connectivity index (χ2n) is 46.6. The molecule has 11 nitrogen and oxygen atoms in total. The number of phenols is 3. The number of phenolic OH excluding ortho intramolecular Hbond substituents is 3. The largest absolute Gasteiger partial charge is 0.506 e. The summed E-state index contributed by atoms with van der Waals surface area (Å²) in [6.45, 7) is 67.6. The molecule has 4 aromatic heterocycles. The van der Waals surface area contributed by atoms with Crippen LogP contribution in [0.5, 0.6) is 28.7 Å². The molecule has 0 atom stereocenters. The summed E-state index contributed by atoms with van der Waals surface area (Å²) in [6.07, 6.45) is 0. The number of hydrogen-bond donors (Lipinski definition) is 3. The zero-order valence-corrected chi connectivity index (χ0v) is 88.5. The zero-order valence-electron chi connectivity index (χ0n) is 86.9. The van der Waals surface area contributed by atoms with Gasteiger partial charge in [-0.2, -0.15) is 0 Å². The SMILES string of the molecule is COc1ccc(C)cc1-n1c2ccc(C(C)(C)C)cc2c2cc(C(C)(C)C)ccc21.COc1ccc(C)cc1Br.Cc1cc(CN(C)CCN(C)Cc2cc(C)cc(-n3c4ccc(C(C)(C)C)cc4c4cc(C(C)(C)C)ccc43)c2O)c(O)c(-n2c3ccc(C(C)(C)C)cc3c3cc(C(C)(C)C)ccc32)c1.Cc1ccc(O)c(-n2c3ccc(C(C)(C)C)cc3c3cc(C(C)(C)C)ccc32)c1. The van der Waals surface area contributed by atoms with Crippen LogP contribution in [0.1, 0.15) is 250 Å². The second-order valence-corrected chi connectivity index (χ2v) is 47.4. The molecule has 13 aromatic carbocycles. The van der Waals surface area contributed by atoms with Crippen molar-refractivity contribution in [3.05, 3.63) is 312 Å². The molecule has 0 aliphatic heterocycles. The van der Waals surface area contributed by atoms with E-state index in [0.29, 0.717) is 30.3 Å². The van der Waals surface area contributed by atoms with Gasteiger partial charge in [-0.3, -0.25) is 0 Å². The fraction of sp³-hybridized carbons (Fsp3) is 0.366. The van der Waals surface area contributed by atoms with Crippen molar-refractivity contribution < 1.29 is 24.8 Å². The highest BCUT2D eigenvalue weighted by Gasteiger charge is 2.30. The van der Waals surface area contributed by atoms with Crippen LogP contribution in [0.3, 0.4) is 0 Å². The van der Waals surface area contributed by atoms with E-state index in [2.05, 4.69) is 446 Å². The maximum absolute atomic E-state index is 12.2. The van der Waals surface area contributed by atoms with Crippen LogP contribution in [-0.4, -0.2) is 84.8 Å². The quantitative estimate of drug-likeness (QED) is 0.106. The van der Waals surface area contributed by atoms with Crippen LogP contribution >= 0.6 is 15.9 Å². The Hall–Kier alpha value is -11.5. The fourth-order valence-corrected chi connectivity index (χ4v) is 19.4. The summed E-state index contributed by atoms with van der Waals surface area (Å²) >= 11 is 3.38. The van der Waals surface area contributed by atoms with Crippen LogP contribution in [0.25, 0.3) is 110 Å². The number of aromatic nitrogens is 4. The second kappa shape index (κ2) is 37.2. The lowest BCUT2D eigenvalue weighted by molar-refractivity contribution is 0.243. The van der Waals surface area contributed by atoms with Gasteiger partial charge in [-0.15, -0.1) is 0 Å². The molecule has 3 N–H and O–H groups in total. The minimum Gasteiger partial charge on any atom is -0.506 e. The van der Waals surface area contributed by atoms with E-state index in [4.69, 9.17) is 9.47 Å². The van der Waals surface area contributed by atoms with E-state index in [1.165, 1.54) is 110 Å². The molecule has 0 saturated carbocycles. The minimum absolute atomic E-state index is 0.00634. The molecule has 0 spiro atoms. The van der Waals surface area contributed by atoms with Crippen LogP contribution in [0.2, 0.25) is 0 Å². The molecule has 0 unspecified atom stereocenters. The summed E-state index contributed by atoms with van der Waals surface area (Å²) in [4.78, 5) is 4.56. The Morgan fingerprint density at radius 1 is 0.252 bits per heavy atom. The fourth-order valence-electron chi connectivity index (χ4n) is 18.8. The first kappa shape index (κ1) is 99.4. The van der Waals surface area contributed by atoms with Gasteiger partial charge >= 0.3 is 0 Å². The molecule has 0 bridgehead atoms. The number of benzene rings is 13. The summed E-state index contributed by atoms with van der Waals surface area (Å²) in [5, 5.41) is 45.0.